The van der Waals surface area contributed by atoms with Gasteiger partial charge in [-0.1, -0.05) is 41.9 Å². The molecule has 5 nitrogen and oxygen atoms in total. The first-order chi connectivity index (χ1) is 13.8. The number of benzene rings is 2. The molecule has 1 N–H and O–H groups in total. The summed E-state index contributed by atoms with van der Waals surface area (Å²) < 4.78 is 10.9. The molecule has 0 amide bonds. The fourth-order valence-electron chi connectivity index (χ4n) is 2.72. The van der Waals surface area contributed by atoms with Gasteiger partial charge in [0.15, 0.2) is 5.82 Å². The van der Waals surface area contributed by atoms with Gasteiger partial charge in [0.25, 0.3) is 0 Å². The van der Waals surface area contributed by atoms with E-state index in [1.54, 1.807) is 30.4 Å². The van der Waals surface area contributed by atoms with Crippen LogP contribution in [0.15, 0.2) is 66.0 Å². The first-order valence-electron chi connectivity index (χ1n) is 8.51. The van der Waals surface area contributed by atoms with Crippen LogP contribution >= 0.6 is 34.9 Å². The Kier molecular flexibility index (Phi) is 5.85. The Hall–Kier alpha value is -2.48. The fraction of sp³-hybridized carbons (Fsp3) is 0.100. The topological polar surface area (TPSA) is 52.0 Å². The number of para-hydroxylation sites is 2. The van der Waals surface area contributed by atoms with Gasteiger partial charge >= 0.3 is 0 Å². The third-order valence-corrected chi connectivity index (χ3v) is 5.97. The molecule has 28 heavy (non-hydrogen) atoms. The first-order valence-corrected chi connectivity index (χ1v) is 10.8. The van der Waals surface area contributed by atoms with Crippen molar-refractivity contribution < 1.29 is 4.74 Å². The van der Waals surface area contributed by atoms with Gasteiger partial charge in [0.1, 0.15) is 5.75 Å². The normalized spacial score (nSPS) is 10.8. The highest BCUT2D eigenvalue weighted by atomic mass is 35.5. The van der Waals surface area contributed by atoms with E-state index in [0.29, 0.717) is 5.95 Å². The van der Waals surface area contributed by atoms with Crippen LogP contribution in [0.2, 0.25) is 5.02 Å². The summed E-state index contributed by atoms with van der Waals surface area (Å²) in [6, 6.07) is 19.7. The van der Waals surface area contributed by atoms with E-state index in [2.05, 4.69) is 14.9 Å². The van der Waals surface area contributed by atoms with Crippen molar-refractivity contribution in [3.05, 3.63) is 76.6 Å². The Bertz CT molecular complexity index is 1050. The van der Waals surface area contributed by atoms with Crippen molar-refractivity contribution in [1.29, 1.82) is 0 Å². The third-order valence-electron chi connectivity index (χ3n) is 4.05. The summed E-state index contributed by atoms with van der Waals surface area (Å²) in [5.41, 5.74) is 2.05. The van der Waals surface area contributed by atoms with E-state index >= 15 is 0 Å². The summed E-state index contributed by atoms with van der Waals surface area (Å²) in [5, 5.41) is 11.6. The Morgan fingerprint density at radius 1 is 1.07 bits per heavy atom. The minimum atomic E-state index is 0.645. The monoisotopic (exact) mass is 428 g/mol. The molecule has 0 radical (unpaired) electrons. The van der Waals surface area contributed by atoms with Gasteiger partial charge in [-0.25, -0.2) is 0 Å². The second-order valence-electron chi connectivity index (χ2n) is 5.85. The van der Waals surface area contributed by atoms with Crippen molar-refractivity contribution in [2.45, 2.75) is 5.75 Å². The zero-order chi connectivity index (χ0) is 19.3. The highest BCUT2D eigenvalue weighted by Crippen LogP contribution is 2.33. The van der Waals surface area contributed by atoms with Crippen molar-refractivity contribution in [3.8, 4) is 22.1 Å². The smallest absolute Gasteiger partial charge is 0.239 e. The minimum Gasteiger partial charge on any atom is -0.495 e. The van der Waals surface area contributed by atoms with Crippen molar-refractivity contribution in [3.63, 3.8) is 0 Å². The second-order valence-corrected chi connectivity index (χ2v) is 8.01. The summed E-state index contributed by atoms with van der Waals surface area (Å²) >= 11 is 9.12. The van der Waals surface area contributed by atoms with E-state index in [1.807, 2.05) is 70.6 Å². The van der Waals surface area contributed by atoms with Gasteiger partial charge in [-0.15, -0.1) is 21.5 Å². The van der Waals surface area contributed by atoms with Crippen LogP contribution in [0.25, 0.3) is 16.4 Å². The molecule has 0 unspecified atom stereocenters. The van der Waals surface area contributed by atoms with Crippen LogP contribution in [0, 0.1) is 0 Å². The van der Waals surface area contributed by atoms with Crippen LogP contribution < -0.4 is 9.46 Å². The number of nitrogens with zero attached hydrogens (tertiary/aromatic N) is 3. The lowest BCUT2D eigenvalue weighted by molar-refractivity contribution is 0.413. The molecule has 0 saturated heterocycles. The molecule has 142 valence electrons. The van der Waals surface area contributed by atoms with Crippen molar-refractivity contribution in [2.24, 2.45) is 0 Å². The predicted octanol–water partition coefficient (Wildman–Crippen LogP) is 5.92. The molecule has 2 heterocycles. The third kappa shape index (κ3) is 4.01. The quantitative estimate of drug-likeness (QED) is 0.370. The average Bonchev–Trinajstić information content (AvgIpc) is 3.39. The number of thiophene rings is 1. The lowest BCUT2D eigenvalue weighted by Gasteiger charge is -2.14. The summed E-state index contributed by atoms with van der Waals surface area (Å²) in [6.45, 7) is 0. The van der Waals surface area contributed by atoms with Crippen molar-refractivity contribution in [2.75, 3.05) is 11.8 Å². The lowest BCUT2D eigenvalue weighted by atomic mass is 10.2. The Morgan fingerprint density at radius 3 is 2.64 bits per heavy atom. The van der Waals surface area contributed by atoms with Gasteiger partial charge in [0.2, 0.25) is 5.95 Å². The van der Waals surface area contributed by atoms with Crippen LogP contribution in [0.3, 0.4) is 0 Å². The summed E-state index contributed by atoms with van der Waals surface area (Å²) in [5.74, 6) is 2.94. The number of rotatable bonds is 7. The zero-order valence-corrected chi connectivity index (χ0v) is 17.4. The molecule has 4 aromatic rings. The van der Waals surface area contributed by atoms with Crippen molar-refractivity contribution in [1.82, 2.24) is 14.8 Å². The Morgan fingerprint density at radius 2 is 1.89 bits per heavy atom. The number of halogens is 1. The molecule has 0 aliphatic rings. The summed E-state index contributed by atoms with van der Waals surface area (Å²) in [7, 11) is 1.66. The molecule has 2 aromatic heterocycles. The molecule has 8 heteroatoms. The number of hydrogen-bond donors (Lipinski definition) is 1. The summed E-state index contributed by atoms with van der Waals surface area (Å²) in [4.78, 5) is 1.04. The van der Waals surface area contributed by atoms with Gasteiger partial charge in [0.05, 0.1) is 17.7 Å². The molecule has 2 aromatic carbocycles. The summed E-state index contributed by atoms with van der Waals surface area (Å²) in [6.07, 6.45) is 0. The largest absolute Gasteiger partial charge is 0.495 e. The van der Waals surface area contributed by atoms with Gasteiger partial charge in [-0.05, 0) is 53.2 Å². The molecule has 0 spiro atoms. The molecule has 0 atom stereocenters. The van der Waals surface area contributed by atoms with Gasteiger partial charge < -0.3 is 4.74 Å². The molecule has 4 rings (SSSR count). The predicted molar refractivity (Wildman–Crippen MR) is 118 cm³/mol. The standard InChI is InChI=1S/C20H17ClN4OS2/c1-26-17-6-3-2-5-16(17)25-19(18-7-4-12-27-18)22-23-20(25)24-28-13-14-8-10-15(21)11-9-14/h2-12H,13H2,1H3,(H,23,24). The van der Waals surface area contributed by atoms with Crippen LogP contribution in [-0.4, -0.2) is 21.9 Å². The second kappa shape index (κ2) is 8.68. The zero-order valence-electron chi connectivity index (χ0n) is 15.0. The molecular weight excluding hydrogens is 412 g/mol. The molecule has 0 aliphatic carbocycles. The maximum Gasteiger partial charge on any atom is 0.239 e. The minimum absolute atomic E-state index is 0.645. The molecule has 0 aliphatic heterocycles. The maximum atomic E-state index is 5.96. The average molecular weight is 429 g/mol. The fourth-order valence-corrected chi connectivity index (χ4v) is 4.24. The van der Waals surface area contributed by atoms with E-state index in [0.717, 1.165) is 32.9 Å². The van der Waals surface area contributed by atoms with E-state index in [9.17, 15) is 0 Å². The highest BCUT2D eigenvalue weighted by Gasteiger charge is 2.19. The number of ether oxygens (including phenoxy) is 1. The molecule has 0 bridgehead atoms. The van der Waals surface area contributed by atoms with Gasteiger partial charge in [0, 0.05) is 10.8 Å². The molecular formula is C20H17ClN4OS2. The van der Waals surface area contributed by atoms with Crippen LogP contribution in [-0.2, 0) is 5.75 Å². The molecule has 0 fully saturated rings. The number of anilines is 1. The van der Waals surface area contributed by atoms with Gasteiger partial charge in [-0.3, -0.25) is 9.29 Å². The van der Waals surface area contributed by atoms with Gasteiger partial charge in [-0.2, -0.15) is 0 Å². The van der Waals surface area contributed by atoms with Crippen molar-refractivity contribution >= 4 is 40.8 Å². The highest BCUT2D eigenvalue weighted by molar-refractivity contribution is 7.99. The van der Waals surface area contributed by atoms with E-state index in [-0.39, 0.29) is 0 Å². The van der Waals surface area contributed by atoms with Crippen LogP contribution in [0.5, 0.6) is 5.75 Å². The first kappa shape index (κ1) is 18.9. The van der Waals surface area contributed by atoms with E-state index in [1.165, 1.54) is 5.56 Å². The Labute approximate surface area is 176 Å². The lowest BCUT2D eigenvalue weighted by Crippen LogP contribution is -2.04. The molecule has 0 saturated carbocycles. The number of nitrogens with one attached hydrogen (secondary N) is 1. The van der Waals surface area contributed by atoms with E-state index < -0.39 is 0 Å². The number of aromatic nitrogens is 3. The maximum absolute atomic E-state index is 5.96. The van der Waals surface area contributed by atoms with Crippen LogP contribution in [0.4, 0.5) is 5.95 Å². The van der Waals surface area contributed by atoms with Crippen LogP contribution in [0.1, 0.15) is 5.56 Å². The Balaban J connectivity index is 1.64. The number of hydrogen-bond acceptors (Lipinski definition) is 6. The van der Waals surface area contributed by atoms with E-state index in [4.69, 9.17) is 16.3 Å². The number of methoxy groups -OCH3 is 1. The SMILES string of the molecule is COc1ccccc1-n1c(NSCc2ccc(Cl)cc2)nnc1-c1cccs1.